The van der Waals surface area contributed by atoms with E-state index >= 15 is 0 Å². The van der Waals surface area contributed by atoms with Gasteiger partial charge in [0.15, 0.2) is 0 Å². The van der Waals surface area contributed by atoms with E-state index in [-0.39, 0.29) is 12.5 Å². The number of carbonyl (C=O) groups is 1. The van der Waals surface area contributed by atoms with Crippen LogP contribution in [0.3, 0.4) is 0 Å². The highest BCUT2D eigenvalue weighted by Gasteiger charge is 2.13. The first-order chi connectivity index (χ1) is 9.21. The predicted molar refractivity (Wildman–Crippen MR) is 76.3 cm³/mol. The lowest BCUT2D eigenvalue weighted by Crippen LogP contribution is -2.30. The molecule has 2 N–H and O–H groups in total. The van der Waals surface area contributed by atoms with Gasteiger partial charge in [0, 0.05) is 42.4 Å². The summed E-state index contributed by atoms with van der Waals surface area (Å²) in [5.41, 5.74) is 2.73. The third kappa shape index (κ3) is 2.63. The Bertz CT molecular complexity index is 571. The number of aliphatic hydroxyl groups is 1. The monoisotopic (exact) mass is 260 g/mol. The molecule has 1 aromatic heterocycles. The van der Waals surface area contributed by atoms with E-state index in [9.17, 15) is 4.79 Å². The number of fused-ring (bicyclic) bond motifs is 1. The highest BCUT2D eigenvalue weighted by atomic mass is 16.3. The molecule has 0 unspecified atom stereocenters. The maximum absolute atomic E-state index is 12.3. The topological polar surface area (TPSA) is 56.3 Å². The van der Waals surface area contributed by atoms with Crippen molar-refractivity contribution in [2.75, 3.05) is 19.7 Å². The molecule has 2 aromatic rings. The van der Waals surface area contributed by atoms with E-state index in [4.69, 9.17) is 5.11 Å². The Morgan fingerprint density at radius 3 is 2.68 bits per heavy atom. The predicted octanol–water partition coefficient (Wildman–Crippen LogP) is 2.18. The van der Waals surface area contributed by atoms with Gasteiger partial charge in [-0.1, -0.05) is 6.07 Å². The van der Waals surface area contributed by atoms with Crippen molar-refractivity contribution in [3.05, 3.63) is 35.5 Å². The van der Waals surface area contributed by atoms with Crippen LogP contribution in [0.15, 0.2) is 24.4 Å². The second-order valence-corrected chi connectivity index (χ2v) is 4.53. The summed E-state index contributed by atoms with van der Waals surface area (Å²) in [6.45, 7) is 5.52. The van der Waals surface area contributed by atoms with Gasteiger partial charge >= 0.3 is 0 Å². The Morgan fingerprint density at radius 2 is 2.05 bits per heavy atom. The number of hydrogen-bond donors (Lipinski definition) is 2. The summed E-state index contributed by atoms with van der Waals surface area (Å²) in [5, 5.41) is 10.1. The summed E-state index contributed by atoms with van der Waals surface area (Å²) in [5.74, 6) is 0.0604. The average molecular weight is 260 g/mol. The van der Waals surface area contributed by atoms with Crippen LogP contribution in [0.1, 0.15) is 29.8 Å². The number of H-pyrrole nitrogens is 1. The smallest absolute Gasteiger partial charge is 0.253 e. The Balaban J connectivity index is 2.34. The van der Waals surface area contributed by atoms with Gasteiger partial charge in [0.1, 0.15) is 0 Å². The van der Waals surface area contributed by atoms with Crippen molar-refractivity contribution in [1.82, 2.24) is 9.88 Å². The summed E-state index contributed by atoms with van der Waals surface area (Å²) in [7, 11) is 0. The summed E-state index contributed by atoms with van der Waals surface area (Å²) in [6.07, 6.45) is 2.52. The standard InChI is InChI=1S/C15H20N2O2/c1-3-17(4-2)15(19)11-5-6-13-12(7-8-18)10-16-14(13)9-11/h5-6,9-10,16,18H,3-4,7-8H2,1-2H3. The van der Waals surface area contributed by atoms with E-state index in [2.05, 4.69) is 4.98 Å². The van der Waals surface area contributed by atoms with Gasteiger partial charge in [0.05, 0.1) is 0 Å². The van der Waals surface area contributed by atoms with Crippen molar-refractivity contribution in [3.63, 3.8) is 0 Å². The minimum Gasteiger partial charge on any atom is -0.396 e. The maximum Gasteiger partial charge on any atom is 0.253 e. The number of hydrogen-bond acceptors (Lipinski definition) is 2. The second-order valence-electron chi connectivity index (χ2n) is 4.53. The molecule has 102 valence electrons. The Labute approximate surface area is 113 Å². The van der Waals surface area contributed by atoms with Gasteiger partial charge in [0.25, 0.3) is 5.91 Å². The fourth-order valence-electron chi connectivity index (χ4n) is 2.34. The summed E-state index contributed by atoms with van der Waals surface area (Å²) < 4.78 is 0. The molecule has 0 atom stereocenters. The minimum atomic E-state index is 0.0604. The molecule has 1 heterocycles. The first kappa shape index (κ1) is 13.6. The number of aliphatic hydroxyl groups excluding tert-OH is 1. The maximum atomic E-state index is 12.3. The molecule has 4 nitrogen and oxygen atoms in total. The van der Waals surface area contributed by atoms with Crippen LogP contribution in [0.2, 0.25) is 0 Å². The number of nitrogens with zero attached hydrogens (tertiary/aromatic N) is 1. The average Bonchev–Trinajstić information content (AvgIpc) is 2.83. The van der Waals surface area contributed by atoms with Crippen molar-refractivity contribution in [3.8, 4) is 0 Å². The fraction of sp³-hybridized carbons (Fsp3) is 0.400. The zero-order valence-corrected chi connectivity index (χ0v) is 11.4. The molecule has 0 bridgehead atoms. The first-order valence-electron chi connectivity index (χ1n) is 6.71. The largest absolute Gasteiger partial charge is 0.396 e. The molecular formula is C15H20N2O2. The Morgan fingerprint density at radius 1 is 1.32 bits per heavy atom. The lowest BCUT2D eigenvalue weighted by molar-refractivity contribution is 0.0773. The van der Waals surface area contributed by atoms with E-state index < -0.39 is 0 Å². The van der Waals surface area contributed by atoms with Gasteiger partial charge < -0.3 is 15.0 Å². The van der Waals surface area contributed by atoms with Crippen LogP contribution in [0.5, 0.6) is 0 Å². The number of aromatic amines is 1. The zero-order valence-electron chi connectivity index (χ0n) is 11.4. The molecule has 0 aliphatic heterocycles. The van der Waals surface area contributed by atoms with Gasteiger partial charge in [-0.3, -0.25) is 4.79 Å². The van der Waals surface area contributed by atoms with Crippen LogP contribution in [0.4, 0.5) is 0 Å². The Kier molecular flexibility index (Phi) is 4.22. The molecule has 0 saturated carbocycles. The zero-order chi connectivity index (χ0) is 13.8. The van der Waals surface area contributed by atoms with Gasteiger partial charge in [0.2, 0.25) is 0 Å². The van der Waals surface area contributed by atoms with Crippen LogP contribution in [-0.4, -0.2) is 40.6 Å². The summed E-state index contributed by atoms with van der Waals surface area (Å²) in [4.78, 5) is 17.2. The third-order valence-corrected chi connectivity index (χ3v) is 3.45. The number of aromatic nitrogens is 1. The number of benzene rings is 1. The highest BCUT2D eigenvalue weighted by molar-refractivity contribution is 5.98. The molecule has 4 heteroatoms. The molecule has 19 heavy (non-hydrogen) atoms. The molecule has 0 radical (unpaired) electrons. The van der Waals surface area contributed by atoms with Gasteiger partial charge in [-0.25, -0.2) is 0 Å². The van der Waals surface area contributed by atoms with Crippen molar-refractivity contribution in [2.24, 2.45) is 0 Å². The highest BCUT2D eigenvalue weighted by Crippen LogP contribution is 2.20. The van der Waals surface area contributed by atoms with Crippen LogP contribution in [-0.2, 0) is 6.42 Å². The van der Waals surface area contributed by atoms with Crippen LogP contribution >= 0.6 is 0 Å². The molecular weight excluding hydrogens is 240 g/mol. The minimum absolute atomic E-state index is 0.0604. The van der Waals surface area contributed by atoms with E-state index in [1.807, 2.05) is 38.2 Å². The van der Waals surface area contributed by atoms with Crippen LogP contribution in [0.25, 0.3) is 10.9 Å². The molecule has 0 aliphatic rings. The normalized spacial score (nSPS) is 10.9. The van der Waals surface area contributed by atoms with E-state index in [0.717, 1.165) is 16.5 Å². The van der Waals surface area contributed by atoms with Gasteiger partial charge in [-0.15, -0.1) is 0 Å². The molecule has 1 aromatic carbocycles. The summed E-state index contributed by atoms with van der Waals surface area (Å²) in [6, 6.07) is 5.70. The van der Waals surface area contributed by atoms with E-state index in [1.165, 1.54) is 0 Å². The van der Waals surface area contributed by atoms with Crippen molar-refractivity contribution >= 4 is 16.8 Å². The number of nitrogens with one attached hydrogen (secondary N) is 1. The molecule has 0 spiro atoms. The molecule has 0 aliphatic carbocycles. The fourth-order valence-corrected chi connectivity index (χ4v) is 2.34. The Hall–Kier alpha value is -1.81. The lowest BCUT2D eigenvalue weighted by atomic mass is 10.1. The van der Waals surface area contributed by atoms with E-state index in [1.54, 1.807) is 4.90 Å². The quantitative estimate of drug-likeness (QED) is 0.865. The van der Waals surface area contributed by atoms with Crippen molar-refractivity contribution in [1.29, 1.82) is 0 Å². The van der Waals surface area contributed by atoms with Gasteiger partial charge in [-0.05, 0) is 38.0 Å². The van der Waals surface area contributed by atoms with Crippen molar-refractivity contribution < 1.29 is 9.90 Å². The molecule has 0 saturated heterocycles. The third-order valence-electron chi connectivity index (χ3n) is 3.45. The first-order valence-corrected chi connectivity index (χ1v) is 6.71. The lowest BCUT2D eigenvalue weighted by Gasteiger charge is -2.18. The second kappa shape index (κ2) is 5.89. The summed E-state index contributed by atoms with van der Waals surface area (Å²) >= 11 is 0. The number of carbonyl (C=O) groups excluding carboxylic acids is 1. The molecule has 0 fully saturated rings. The SMILES string of the molecule is CCN(CC)C(=O)c1ccc2c(CCO)c[nH]c2c1. The molecule has 1 amide bonds. The van der Waals surface area contributed by atoms with Crippen LogP contribution in [0, 0.1) is 0 Å². The molecule has 2 rings (SSSR count). The van der Waals surface area contributed by atoms with E-state index in [0.29, 0.717) is 25.1 Å². The number of rotatable bonds is 5. The van der Waals surface area contributed by atoms with Crippen LogP contribution < -0.4 is 0 Å². The number of amides is 1. The van der Waals surface area contributed by atoms with Crippen molar-refractivity contribution in [2.45, 2.75) is 20.3 Å². The van der Waals surface area contributed by atoms with Gasteiger partial charge in [-0.2, -0.15) is 0 Å².